The maximum Gasteiger partial charge on any atom is 0.254 e. The molecule has 6 heteroatoms. The van der Waals surface area contributed by atoms with Crippen LogP contribution >= 0.6 is 0 Å². The van der Waals surface area contributed by atoms with Crippen LogP contribution in [0.5, 0.6) is 0 Å². The lowest BCUT2D eigenvalue weighted by molar-refractivity contribution is 0.0682. The van der Waals surface area contributed by atoms with Gasteiger partial charge in [-0.3, -0.25) is 4.79 Å². The van der Waals surface area contributed by atoms with Crippen LogP contribution in [0, 0.1) is 0 Å². The number of carbonyl (C=O) groups is 1. The van der Waals surface area contributed by atoms with Crippen LogP contribution in [0.2, 0.25) is 0 Å². The second-order valence-corrected chi connectivity index (χ2v) is 7.95. The Bertz CT molecular complexity index is 1010. The number of hydrogen-bond donors (Lipinski definition) is 0. The molecule has 1 atom stereocenters. The quantitative estimate of drug-likeness (QED) is 0.687. The van der Waals surface area contributed by atoms with Gasteiger partial charge in [-0.05, 0) is 44.0 Å². The maximum atomic E-state index is 13.1. The topological polar surface area (TPSA) is 54.3 Å². The van der Waals surface area contributed by atoms with Crippen molar-refractivity contribution >= 4 is 11.6 Å². The van der Waals surface area contributed by atoms with Crippen LogP contribution in [0.15, 0.2) is 54.6 Å². The number of amides is 1. The number of hydrogen-bond acceptors (Lipinski definition) is 4. The molecule has 148 valence electrons. The Labute approximate surface area is 170 Å². The minimum atomic E-state index is 0.0559. The molecule has 1 fully saturated rings. The lowest BCUT2D eigenvalue weighted by Gasteiger charge is -2.32. The van der Waals surface area contributed by atoms with Crippen LogP contribution in [0.3, 0.4) is 0 Å². The second-order valence-electron chi connectivity index (χ2n) is 7.95. The third kappa shape index (κ3) is 3.28. The number of benzene rings is 2. The molecule has 0 bridgehead atoms. The van der Waals surface area contributed by atoms with Crippen molar-refractivity contribution < 1.29 is 4.79 Å². The van der Waals surface area contributed by atoms with Crippen LogP contribution in [0.25, 0.3) is 11.4 Å². The number of rotatable bonds is 3. The molecule has 2 aliphatic heterocycles. The number of aromatic nitrogens is 3. The number of nitrogens with zero attached hydrogens (tertiary/aromatic N) is 5. The van der Waals surface area contributed by atoms with Gasteiger partial charge in [-0.25, -0.2) is 0 Å². The SMILES string of the molecule is C[C@H]1CN(C(=O)c2ccc(N3CCCC3)cc2)Cc2nnc(-c3ccccc3)n21. The first-order valence-electron chi connectivity index (χ1n) is 10.3. The molecule has 0 unspecified atom stereocenters. The predicted octanol–water partition coefficient (Wildman–Crippen LogP) is 3.76. The summed E-state index contributed by atoms with van der Waals surface area (Å²) in [5.74, 6) is 1.76. The normalized spacial score (nSPS) is 18.7. The number of fused-ring (bicyclic) bond motifs is 1. The van der Waals surface area contributed by atoms with E-state index in [-0.39, 0.29) is 11.9 Å². The van der Waals surface area contributed by atoms with Crippen molar-refractivity contribution in [2.75, 3.05) is 24.5 Å². The van der Waals surface area contributed by atoms with Crippen LogP contribution in [0.1, 0.15) is 42.0 Å². The first-order chi connectivity index (χ1) is 14.2. The van der Waals surface area contributed by atoms with Crippen molar-refractivity contribution in [2.45, 2.75) is 32.4 Å². The molecule has 1 saturated heterocycles. The second kappa shape index (κ2) is 7.35. The minimum absolute atomic E-state index is 0.0559. The van der Waals surface area contributed by atoms with Crippen LogP contribution < -0.4 is 4.90 Å². The molecule has 5 rings (SSSR count). The molecule has 0 aliphatic carbocycles. The van der Waals surface area contributed by atoms with E-state index in [0.29, 0.717) is 13.1 Å². The molecule has 0 radical (unpaired) electrons. The van der Waals surface area contributed by atoms with Crippen LogP contribution in [-0.2, 0) is 6.54 Å². The van der Waals surface area contributed by atoms with E-state index in [4.69, 9.17) is 0 Å². The summed E-state index contributed by atoms with van der Waals surface area (Å²) < 4.78 is 2.16. The van der Waals surface area contributed by atoms with Gasteiger partial charge in [-0.2, -0.15) is 0 Å². The van der Waals surface area contributed by atoms with Gasteiger partial charge < -0.3 is 14.4 Å². The Kier molecular flexibility index (Phi) is 4.54. The van der Waals surface area contributed by atoms with Gasteiger partial charge in [0.25, 0.3) is 5.91 Å². The highest BCUT2D eigenvalue weighted by atomic mass is 16.2. The van der Waals surface area contributed by atoms with E-state index in [9.17, 15) is 4.79 Å². The predicted molar refractivity (Wildman–Crippen MR) is 113 cm³/mol. The summed E-state index contributed by atoms with van der Waals surface area (Å²) in [5.41, 5.74) is 2.99. The van der Waals surface area contributed by atoms with Crippen molar-refractivity contribution in [1.82, 2.24) is 19.7 Å². The van der Waals surface area contributed by atoms with Gasteiger partial charge in [0.15, 0.2) is 11.6 Å². The summed E-state index contributed by atoms with van der Waals surface area (Å²) in [4.78, 5) is 17.4. The summed E-state index contributed by atoms with van der Waals surface area (Å²) in [5, 5.41) is 8.80. The molecular formula is C23H25N5O. The molecule has 1 aromatic heterocycles. The van der Waals surface area contributed by atoms with Gasteiger partial charge in [0.05, 0.1) is 12.6 Å². The number of anilines is 1. The first kappa shape index (κ1) is 17.9. The fraction of sp³-hybridized carbons (Fsp3) is 0.348. The summed E-state index contributed by atoms with van der Waals surface area (Å²) in [6.45, 7) is 5.47. The molecule has 29 heavy (non-hydrogen) atoms. The molecule has 3 heterocycles. The van der Waals surface area contributed by atoms with Gasteiger partial charge in [0.2, 0.25) is 0 Å². The Balaban J connectivity index is 1.36. The van der Waals surface area contributed by atoms with E-state index < -0.39 is 0 Å². The van der Waals surface area contributed by atoms with Crippen molar-refractivity contribution in [2.24, 2.45) is 0 Å². The van der Waals surface area contributed by atoms with Crippen LogP contribution in [0.4, 0.5) is 5.69 Å². The standard InChI is InChI=1S/C23H25N5O/c1-17-15-27(16-21-24-25-22(28(17)21)18-7-3-2-4-8-18)23(29)19-9-11-20(12-10-19)26-13-5-6-14-26/h2-4,7-12,17H,5-6,13-16H2,1H3/t17-/m0/s1. The molecule has 6 nitrogen and oxygen atoms in total. The smallest absolute Gasteiger partial charge is 0.254 e. The van der Waals surface area contributed by atoms with Gasteiger partial charge >= 0.3 is 0 Å². The first-order valence-corrected chi connectivity index (χ1v) is 10.3. The summed E-state index contributed by atoms with van der Waals surface area (Å²) in [6.07, 6.45) is 2.50. The van der Waals surface area contributed by atoms with Gasteiger partial charge in [0.1, 0.15) is 0 Å². The lowest BCUT2D eigenvalue weighted by atomic mass is 10.1. The fourth-order valence-electron chi connectivity index (χ4n) is 4.44. The monoisotopic (exact) mass is 387 g/mol. The van der Waals surface area contributed by atoms with Gasteiger partial charge in [-0.15, -0.1) is 10.2 Å². The largest absolute Gasteiger partial charge is 0.372 e. The highest BCUT2D eigenvalue weighted by molar-refractivity contribution is 5.94. The molecule has 0 saturated carbocycles. The lowest BCUT2D eigenvalue weighted by Crippen LogP contribution is -2.40. The van der Waals surface area contributed by atoms with E-state index in [1.54, 1.807) is 0 Å². The average Bonchev–Trinajstić information content (AvgIpc) is 3.44. The zero-order valence-corrected chi connectivity index (χ0v) is 16.7. The third-order valence-electron chi connectivity index (χ3n) is 5.93. The van der Waals surface area contributed by atoms with E-state index >= 15 is 0 Å². The van der Waals surface area contributed by atoms with Gasteiger partial charge in [0, 0.05) is 36.4 Å². The van der Waals surface area contributed by atoms with Crippen molar-refractivity contribution in [3.05, 3.63) is 66.0 Å². The summed E-state index contributed by atoms with van der Waals surface area (Å²) in [6, 6.07) is 18.3. The van der Waals surface area contributed by atoms with E-state index in [1.165, 1.54) is 18.5 Å². The van der Waals surface area contributed by atoms with Gasteiger partial charge in [-0.1, -0.05) is 30.3 Å². The zero-order valence-electron chi connectivity index (χ0n) is 16.7. The number of carbonyl (C=O) groups excluding carboxylic acids is 1. The zero-order chi connectivity index (χ0) is 19.8. The minimum Gasteiger partial charge on any atom is -0.372 e. The van der Waals surface area contributed by atoms with E-state index in [0.717, 1.165) is 35.9 Å². The Morgan fingerprint density at radius 1 is 0.966 bits per heavy atom. The Morgan fingerprint density at radius 2 is 1.69 bits per heavy atom. The molecular weight excluding hydrogens is 362 g/mol. The third-order valence-corrected chi connectivity index (χ3v) is 5.93. The van der Waals surface area contributed by atoms with Crippen molar-refractivity contribution in [3.8, 4) is 11.4 Å². The molecule has 2 aromatic carbocycles. The maximum absolute atomic E-state index is 13.1. The fourth-order valence-corrected chi connectivity index (χ4v) is 4.44. The molecule has 3 aromatic rings. The highest BCUT2D eigenvalue weighted by Gasteiger charge is 2.30. The molecule has 0 spiro atoms. The Morgan fingerprint density at radius 3 is 2.41 bits per heavy atom. The highest BCUT2D eigenvalue weighted by Crippen LogP contribution is 2.28. The van der Waals surface area contributed by atoms with Crippen molar-refractivity contribution in [1.29, 1.82) is 0 Å². The van der Waals surface area contributed by atoms with E-state index in [1.807, 2.05) is 47.4 Å². The van der Waals surface area contributed by atoms with Crippen molar-refractivity contribution in [3.63, 3.8) is 0 Å². The van der Waals surface area contributed by atoms with Crippen LogP contribution in [-0.4, -0.2) is 45.2 Å². The molecule has 2 aliphatic rings. The summed E-state index contributed by atoms with van der Waals surface area (Å²) >= 11 is 0. The van der Waals surface area contributed by atoms with E-state index in [2.05, 4.69) is 38.7 Å². The molecule has 1 amide bonds. The molecule has 0 N–H and O–H groups in total. The average molecular weight is 387 g/mol. The summed E-state index contributed by atoms with van der Waals surface area (Å²) in [7, 11) is 0. The Hall–Kier alpha value is -3.15.